The number of hydrogen-bond donors (Lipinski definition) is 0. The quantitative estimate of drug-likeness (QED) is 0.779. The minimum absolute atomic E-state index is 0.0609. The fourth-order valence-corrected chi connectivity index (χ4v) is 4.66. The number of halogens is 2. The van der Waals surface area contributed by atoms with Gasteiger partial charge in [0.25, 0.3) is 5.91 Å². The molecule has 0 aromatic heterocycles. The van der Waals surface area contributed by atoms with Crippen LogP contribution >= 0.6 is 11.6 Å². The predicted octanol–water partition coefficient (Wildman–Crippen LogP) is 3.32. The van der Waals surface area contributed by atoms with Crippen LogP contribution in [0.15, 0.2) is 47.4 Å². The van der Waals surface area contributed by atoms with Crippen LogP contribution in [0.2, 0.25) is 5.02 Å². The normalized spacial score (nSPS) is 16.2. The molecular formula is C19H20ClFN2O3S. The number of benzene rings is 2. The molecule has 1 saturated heterocycles. The number of aryl methyl sites for hydroxylation is 1. The van der Waals surface area contributed by atoms with Gasteiger partial charge in [0.1, 0.15) is 5.82 Å². The molecule has 0 unspecified atom stereocenters. The molecule has 27 heavy (non-hydrogen) atoms. The fourth-order valence-electron chi connectivity index (χ4n) is 3.03. The van der Waals surface area contributed by atoms with E-state index in [9.17, 15) is 17.6 Å². The van der Waals surface area contributed by atoms with Gasteiger partial charge in [-0.15, -0.1) is 0 Å². The highest BCUT2D eigenvalue weighted by Crippen LogP contribution is 2.20. The molecule has 1 aliphatic heterocycles. The standard InChI is InChI=1S/C19H20ClFN2O3S/c1-14-3-6-16(7-4-14)27(25,26)23-10-2-9-22(11-12-23)19(24)17-8-5-15(20)13-18(17)21/h3-8,13H,2,9-12H2,1H3. The van der Waals surface area contributed by atoms with Crippen molar-refractivity contribution in [3.8, 4) is 0 Å². The van der Waals surface area contributed by atoms with Crippen LogP contribution in [-0.4, -0.2) is 49.7 Å². The maximum Gasteiger partial charge on any atom is 0.256 e. The predicted molar refractivity (Wildman–Crippen MR) is 102 cm³/mol. The molecule has 0 spiro atoms. The molecule has 1 aliphatic rings. The molecule has 8 heteroatoms. The third-order valence-electron chi connectivity index (χ3n) is 4.56. The van der Waals surface area contributed by atoms with E-state index in [1.807, 2.05) is 6.92 Å². The van der Waals surface area contributed by atoms with E-state index in [0.29, 0.717) is 19.5 Å². The second kappa shape index (κ2) is 7.96. The first kappa shape index (κ1) is 19.8. The largest absolute Gasteiger partial charge is 0.337 e. The first-order valence-corrected chi connectivity index (χ1v) is 10.4. The zero-order chi connectivity index (χ0) is 19.6. The number of rotatable bonds is 3. The molecule has 1 heterocycles. The summed E-state index contributed by atoms with van der Waals surface area (Å²) < 4.78 is 41.1. The lowest BCUT2D eigenvalue weighted by molar-refractivity contribution is 0.0759. The molecule has 0 aliphatic carbocycles. The molecule has 3 rings (SSSR count). The van der Waals surface area contributed by atoms with Crippen molar-refractivity contribution in [1.82, 2.24) is 9.21 Å². The van der Waals surface area contributed by atoms with E-state index in [-0.39, 0.29) is 28.6 Å². The first-order chi connectivity index (χ1) is 12.8. The Kier molecular flexibility index (Phi) is 5.83. The highest BCUT2D eigenvalue weighted by molar-refractivity contribution is 7.89. The molecule has 0 radical (unpaired) electrons. The summed E-state index contributed by atoms with van der Waals surface area (Å²) in [4.78, 5) is 14.3. The second-order valence-electron chi connectivity index (χ2n) is 6.49. The van der Waals surface area contributed by atoms with Crippen molar-refractivity contribution >= 4 is 27.5 Å². The molecule has 0 saturated carbocycles. The summed E-state index contributed by atoms with van der Waals surface area (Å²) in [6.45, 7) is 2.93. The van der Waals surface area contributed by atoms with Crippen LogP contribution in [0.4, 0.5) is 4.39 Å². The van der Waals surface area contributed by atoms with Crippen molar-refractivity contribution in [2.45, 2.75) is 18.2 Å². The van der Waals surface area contributed by atoms with Crippen molar-refractivity contribution in [2.24, 2.45) is 0 Å². The molecule has 2 aromatic rings. The Balaban J connectivity index is 1.75. The average molecular weight is 411 g/mol. The van der Waals surface area contributed by atoms with E-state index in [1.165, 1.54) is 21.3 Å². The molecule has 5 nitrogen and oxygen atoms in total. The summed E-state index contributed by atoms with van der Waals surface area (Å²) in [7, 11) is -3.63. The lowest BCUT2D eigenvalue weighted by Crippen LogP contribution is -2.37. The number of amides is 1. The van der Waals surface area contributed by atoms with Gasteiger partial charge in [-0.05, 0) is 43.7 Å². The average Bonchev–Trinajstić information content (AvgIpc) is 2.88. The van der Waals surface area contributed by atoms with E-state index >= 15 is 0 Å². The van der Waals surface area contributed by atoms with Crippen molar-refractivity contribution < 1.29 is 17.6 Å². The van der Waals surface area contributed by atoms with Gasteiger partial charge in [0, 0.05) is 31.2 Å². The Hall–Kier alpha value is -1.96. The zero-order valence-electron chi connectivity index (χ0n) is 14.9. The minimum Gasteiger partial charge on any atom is -0.337 e. The van der Waals surface area contributed by atoms with Crippen LogP contribution < -0.4 is 0 Å². The number of nitrogens with zero attached hydrogens (tertiary/aromatic N) is 2. The zero-order valence-corrected chi connectivity index (χ0v) is 16.4. The molecule has 1 fully saturated rings. The molecular weight excluding hydrogens is 391 g/mol. The lowest BCUT2D eigenvalue weighted by atomic mass is 10.2. The van der Waals surface area contributed by atoms with Gasteiger partial charge < -0.3 is 4.90 Å². The highest BCUT2D eigenvalue weighted by Gasteiger charge is 2.29. The third-order valence-corrected chi connectivity index (χ3v) is 6.71. The Morgan fingerprint density at radius 2 is 1.74 bits per heavy atom. The summed E-state index contributed by atoms with van der Waals surface area (Å²) in [5, 5.41) is 0.218. The van der Waals surface area contributed by atoms with Crippen LogP contribution in [0.1, 0.15) is 22.3 Å². The van der Waals surface area contributed by atoms with Crippen molar-refractivity contribution in [1.29, 1.82) is 0 Å². The molecule has 0 atom stereocenters. The number of hydrogen-bond acceptors (Lipinski definition) is 3. The van der Waals surface area contributed by atoms with Crippen LogP contribution in [0.3, 0.4) is 0 Å². The second-order valence-corrected chi connectivity index (χ2v) is 8.86. The number of carbonyl (C=O) groups excluding carboxylic acids is 1. The molecule has 2 aromatic carbocycles. The number of carbonyl (C=O) groups is 1. The van der Waals surface area contributed by atoms with Gasteiger partial charge in [-0.3, -0.25) is 4.79 Å². The van der Waals surface area contributed by atoms with E-state index in [0.717, 1.165) is 11.6 Å². The van der Waals surface area contributed by atoms with Crippen molar-refractivity contribution in [3.05, 3.63) is 64.4 Å². The molecule has 0 N–H and O–H groups in total. The Labute approximate surface area is 163 Å². The van der Waals surface area contributed by atoms with E-state index < -0.39 is 21.7 Å². The summed E-state index contributed by atoms with van der Waals surface area (Å²) in [6, 6.07) is 10.6. The smallest absolute Gasteiger partial charge is 0.256 e. The maximum absolute atomic E-state index is 14.0. The Morgan fingerprint density at radius 3 is 2.41 bits per heavy atom. The van der Waals surface area contributed by atoms with Gasteiger partial charge in [0.15, 0.2) is 0 Å². The first-order valence-electron chi connectivity index (χ1n) is 8.60. The van der Waals surface area contributed by atoms with Crippen molar-refractivity contribution in [2.75, 3.05) is 26.2 Å². The van der Waals surface area contributed by atoms with Gasteiger partial charge in [0.2, 0.25) is 10.0 Å². The molecule has 1 amide bonds. The Morgan fingerprint density at radius 1 is 1.04 bits per heavy atom. The van der Waals surface area contributed by atoms with Gasteiger partial charge in [-0.1, -0.05) is 29.3 Å². The molecule has 144 valence electrons. The van der Waals surface area contributed by atoms with E-state index in [1.54, 1.807) is 24.3 Å². The van der Waals surface area contributed by atoms with Crippen LogP contribution in [0.25, 0.3) is 0 Å². The van der Waals surface area contributed by atoms with Crippen LogP contribution in [-0.2, 0) is 10.0 Å². The molecule has 0 bridgehead atoms. The van der Waals surface area contributed by atoms with Crippen LogP contribution in [0, 0.1) is 12.7 Å². The fraction of sp³-hybridized carbons (Fsp3) is 0.316. The SMILES string of the molecule is Cc1ccc(S(=O)(=O)N2CCCN(C(=O)c3ccc(Cl)cc3F)CC2)cc1. The monoisotopic (exact) mass is 410 g/mol. The van der Waals surface area contributed by atoms with Gasteiger partial charge in [-0.2, -0.15) is 4.31 Å². The van der Waals surface area contributed by atoms with Crippen LogP contribution in [0.5, 0.6) is 0 Å². The minimum atomic E-state index is -3.63. The van der Waals surface area contributed by atoms with Gasteiger partial charge >= 0.3 is 0 Å². The summed E-state index contributed by atoms with van der Waals surface area (Å²) in [5.74, 6) is -1.14. The Bertz CT molecular complexity index is 948. The van der Waals surface area contributed by atoms with E-state index in [2.05, 4.69) is 0 Å². The maximum atomic E-state index is 14.0. The third kappa shape index (κ3) is 4.31. The summed E-state index contributed by atoms with van der Waals surface area (Å²) in [6.07, 6.45) is 0.478. The number of sulfonamides is 1. The van der Waals surface area contributed by atoms with Gasteiger partial charge in [0.05, 0.1) is 10.5 Å². The van der Waals surface area contributed by atoms with E-state index in [4.69, 9.17) is 11.6 Å². The van der Waals surface area contributed by atoms with Gasteiger partial charge in [-0.25, -0.2) is 12.8 Å². The highest BCUT2D eigenvalue weighted by atomic mass is 35.5. The van der Waals surface area contributed by atoms with Crippen molar-refractivity contribution in [3.63, 3.8) is 0 Å². The summed E-state index contributed by atoms with van der Waals surface area (Å²) in [5.41, 5.74) is 0.917. The summed E-state index contributed by atoms with van der Waals surface area (Å²) >= 11 is 5.73. The lowest BCUT2D eigenvalue weighted by Gasteiger charge is -2.22. The topological polar surface area (TPSA) is 57.7 Å².